The Hall–Kier alpha value is -1.43. The third-order valence-corrected chi connectivity index (χ3v) is 3.03. The zero-order chi connectivity index (χ0) is 11.9. The van der Waals surface area contributed by atoms with E-state index in [0.717, 1.165) is 23.7 Å². The Balaban J connectivity index is 0.000000902. The molecule has 7 heteroatoms. The third-order valence-electron chi connectivity index (χ3n) is 3.03. The molecule has 3 N–H and O–H groups in total. The summed E-state index contributed by atoms with van der Waals surface area (Å²) in [7, 11) is 0. The molecule has 0 atom stereocenters. The van der Waals surface area contributed by atoms with E-state index in [1.165, 1.54) is 0 Å². The average Bonchev–Trinajstić information content (AvgIpc) is 3.09. The van der Waals surface area contributed by atoms with Crippen molar-refractivity contribution in [3.63, 3.8) is 0 Å². The molecular weight excluding hydrogens is 287 g/mol. The van der Waals surface area contributed by atoms with Crippen LogP contribution in [0.3, 0.4) is 0 Å². The summed E-state index contributed by atoms with van der Waals surface area (Å²) in [4.78, 5) is 20.1. The summed E-state index contributed by atoms with van der Waals surface area (Å²) in [6.45, 7) is 0. The summed E-state index contributed by atoms with van der Waals surface area (Å²) in [6, 6.07) is 3.56. The predicted octanol–water partition coefficient (Wildman–Crippen LogP) is 1.90. The first-order chi connectivity index (χ1) is 8.19. The van der Waals surface area contributed by atoms with E-state index in [1.807, 2.05) is 0 Å². The Labute approximate surface area is 122 Å². The fourth-order valence-corrected chi connectivity index (χ4v) is 1.71. The number of nitrogens with two attached hydrogens (primary N) is 1. The van der Waals surface area contributed by atoms with Crippen molar-refractivity contribution in [2.75, 3.05) is 5.32 Å². The Morgan fingerprint density at radius 1 is 1.26 bits per heavy atom. The van der Waals surface area contributed by atoms with E-state index in [0.29, 0.717) is 5.69 Å². The number of fused-ring (bicyclic) bond motifs is 1. The lowest BCUT2D eigenvalue weighted by atomic mass is 10.2. The number of nitrogens with zero attached hydrogens (tertiary/aromatic N) is 2. The third kappa shape index (κ3) is 2.94. The number of carbonyl (C=O) groups is 1. The fraction of sp³-hybridized carbons (Fsp3) is 0.250. The van der Waals surface area contributed by atoms with E-state index >= 15 is 0 Å². The largest absolute Gasteiger partial charge is 0.324 e. The SMILES string of the molecule is Cl.Cl.NC1(C(=O)Nc2ccnc3ccncc23)CC1. The van der Waals surface area contributed by atoms with E-state index in [1.54, 1.807) is 30.7 Å². The number of pyridine rings is 2. The molecule has 0 spiro atoms. The summed E-state index contributed by atoms with van der Waals surface area (Å²) < 4.78 is 0. The van der Waals surface area contributed by atoms with Crippen molar-refractivity contribution in [2.45, 2.75) is 18.4 Å². The molecular formula is C12H14Cl2N4O. The summed E-state index contributed by atoms with van der Waals surface area (Å²) in [5.74, 6) is -0.131. The second-order valence-electron chi connectivity index (χ2n) is 4.36. The molecule has 19 heavy (non-hydrogen) atoms. The fourth-order valence-electron chi connectivity index (χ4n) is 1.71. The predicted molar refractivity (Wildman–Crippen MR) is 78.8 cm³/mol. The summed E-state index contributed by atoms with van der Waals surface area (Å²) in [5.41, 5.74) is 6.69. The minimum absolute atomic E-state index is 0. The summed E-state index contributed by atoms with van der Waals surface area (Å²) >= 11 is 0. The standard InChI is InChI=1S/C12H12N4O.2ClH/c13-12(3-4-12)11(17)16-10-2-6-15-9-1-5-14-7-8(9)10;;/h1-2,5-7H,3-4,13H2,(H,15,16,17);2*1H. The second-order valence-corrected chi connectivity index (χ2v) is 4.36. The van der Waals surface area contributed by atoms with E-state index in [-0.39, 0.29) is 30.7 Å². The molecule has 1 fully saturated rings. The molecule has 2 heterocycles. The maximum absolute atomic E-state index is 11.9. The van der Waals surface area contributed by atoms with Crippen LogP contribution in [0.4, 0.5) is 5.69 Å². The highest BCUT2D eigenvalue weighted by Gasteiger charge is 2.46. The van der Waals surface area contributed by atoms with Crippen LogP contribution >= 0.6 is 24.8 Å². The van der Waals surface area contributed by atoms with E-state index < -0.39 is 5.54 Å². The Bertz CT molecular complexity index is 596. The van der Waals surface area contributed by atoms with Gasteiger partial charge in [-0.2, -0.15) is 0 Å². The monoisotopic (exact) mass is 300 g/mol. The topological polar surface area (TPSA) is 80.9 Å². The minimum Gasteiger partial charge on any atom is -0.324 e. The summed E-state index contributed by atoms with van der Waals surface area (Å²) in [6.07, 6.45) is 6.52. The van der Waals surface area contributed by atoms with Crippen LogP contribution in [-0.4, -0.2) is 21.4 Å². The van der Waals surface area contributed by atoms with Gasteiger partial charge in [0.2, 0.25) is 5.91 Å². The highest BCUT2D eigenvalue weighted by Crippen LogP contribution is 2.34. The first kappa shape index (κ1) is 15.6. The first-order valence-corrected chi connectivity index (χ1v) is 5.48. The zero-order valence-corrected chi connectivity index (χ0v) is 11.6. The van der Waals surface area contributed by atoms with Crippen molar-refractivity contribution >= 4 is 47.3 Å². The number of halogens is 2. The molecule has 1 amide bonds. The summed E-state index contributed by atoms with van der Waals surface area (Å²) in [5, 5.41) is 3.67. The molecule has 5 nitrogen and oxygen atoms in total. The van der Waals surface area contributed by atoms with Crippen LogP contribution in [-0.2, 0) is 4.79 Å². The van der Waals surface area contributed by atoms with Crippen molar-refractivity contribution in [1.29, 1.82) is 0 Å². The zero-order valence-electron chi connectivity index (χ0n) is 10.00. The molecule has 102 valence electrons. The Kier molecular flexibility index (Phi) is 4.68. The van der Waals surface area contributed by atoms with Gasteiger partial charge in [0.05, 0.1) is 16.7 Å². The highest BCUT2D eigenvalue weighted by atomic mass is 35.5. The second kappa shape index (κ2) is 5.69. The molecule has 0 bridgehead atoms. The van der Waals surface area contributed by atoms with Crippen molar-refractivity contribution < 1.29 is 4.79 Å². The molecule has 2 aromatic rings. The smallest absolute Gasteiger partial charge is 0.244 e. The van der Waals surface area contributed by atoms with Gasteiger partial charge in [0.25, 0.3) is 0 Å². The normalized spacial score (nSPS) is 15.0. The van der Waals surface area contributed by atoms with Crippen LogP contribution in [0.25, 0.3) is 10.9 Å². The number of carbonyl (C=O) groups excluding carboxylic acids is 1. The maximum atomic E-state index is 11.9. The number of anilines is 1. The molecule has 0 aromatic carbocycles. The Morgan fingerprint density at radius 3 is 2.68 bits per heavy atom. The number of hydrogen-bond acceptors (Lipinski definition) is 4. The van der Waals surface area contributed by atoms with Crippen LogP contribution in [0.15, 0.2) is 30.7 Å². The van der Waals surface area contributed by atoms with Crippen LogP contribution in [0.5, 0.6) is 0 Å². The molecule has 0 saturated heterocycles. The van der Waals surface area contributed by atoms with Crippen molar-refractivity contribution in [1.82, 2.24) is 9.97 Å². The van der Waals surface area contributed by atoms with Gasteiger partial charge in [0.1, 0.15) is 0 Å². The van der Waals surface area contributed by atoms with Gasteiger partial charge in [-0.25, -0.2) is 0 Å². The van der Waals surface area contributed by atoms with Gasteiger partial charge in [-0.1, -0.05) is 0 Å². The quantitative estimate of drug-likeness (QED) is 0.887. The van der Waals surface area contributed by atoms with Gasteiger partial charge in [-0.15, -0.1) is 24.8 Å². The molecule has 3 rings (SSSR count). The number of hydrogen-bond donors (Lipinski definition) is 2. The van der Waals surface area contributed by atoms with Crippen molar-refractivity contribution in [2.24, 2.45) is 5.73 Å². The van der Waals surface area contributed by atoms with Gasteiger partial charge in [-0.05, 0) is 25.0 Å². The Morgan fingerprint density at radius 2 is 2.00 bits per heavy atom. The lowest BCUT2D eigenvalue weighted by molar-refractivity contribution is -0.118. The minimum atomic E-state index is -0.669. The van der Waals surface area contributed by atoms with E-state index in [9.17, 15) is 4.79 Å². The number of amides is 1. The van der Waals surface area contributed by atoms with Crippen LogP contribution < -0.4 is 11.1 Å². The highest BCUT2D eigenvalue weighted by molar-refractivity contribution is 6.05. The van der Waals surface area contributed by atoms with Gasteiger partial charge < -0.3 is 11.1 Å². The van der Waals surface area contributed by atoms with Crippen molar-refractivity contribution in [3.05, 3.63) is 30.7 Å². The van der Waals surface area contributed by atoms with Crippen LogP contribution in [0.1, 0.15) is 12.8 Å². The lowest BCUT2D eigenvalue weighted by Crippen LogP contribution is -2.37. The average molecular weight is 301 g/mol. The molecule has 0 radical (unpaired) electrons. The molecule has 2 aromatic heterocycles. The van der Waals surface area contributed by atoms with Crippen LogP contribution in [0, 0.1) is 0 Å². The van der Waals surface area contributed by atoms with Gasteiger partial charge in [0, 0.05) is 24.0 Å². The first-order valence-electron chi connectivity index (χ1n) is 5.48. The molecule has 0 aliphatic heterocycles. The van der Waals surface area contributed by atoms with E-state index in [2.05, 4.69) is 15.3 Å². The molecule has 1 saturated carbocycles. The van der Waals surface area contributed by atoms with Gasteiger partial charge in [-0.3, -0.25) is 14.8 Å². The van der Waals surface area contributed by atoms with Gasteiger partial charge >= 0.3 is 0 Å². The number of nitrogens with one attached hydrogen (secondary N) is 1. The number of aromatic nitrogens is 2. The van der Waals surface area contributed by atoms with E-state index in [4.69, 9.17) is 5.73 Å². The lowest BCUT2D eigenvalue weighted by Gasteiger charge is -2.11. The van der Waals surface area contributed by atoms with Gasteiger partial charge in [0.15, 0.2) is 0 Å². The van der Waals surface area contributed by atoms with Crippen molar-refractivity contribution in [3.8, 4) is 0 Å². The maximum Gasteiger partial charge on any atom is 0.244 e. The molecule has 1 aliphatic carbocycles. The van der Waals surface area contributed by atoms with Crippen LogP contribution in [0.2, 0.25) is 0 Å². The number of rotatable bonds is 2. The molecule has 0 unspecified atom stereocenters. The molecule has 1 aliphatic rings.